The Balaban J connectivity index is 1.21. The molecular weight excluding hydrogens is 631 g/mol. The Morgan fingerprint density at radius 3 is 1.42 bits per heavy atom. The summed E-state index contributed by atoms with van der Waals surface area (Å²) < 4.78 is 6.97. The lowest BCUT2D eigenvalue weighted by Gasteiger charge is -2.31. The minimum atomic E-state index is -0.379. The van der Waals surface area contributed by atoms with Crippen molar-refractivity contribution in [2.24, 2.45) is 0 Å². The summed E-state index contributed by atoms with van der Waals surface area (Å²) in [5.74, 6) is 0. The van der Waals surface area contributed by atoms with E-state index in [-0.39, 0.29) is 5.41 Å². The van der Waals surface area contributed by atoms with Crippen molar-refractivity contribution < 1.29 is 4.42 Å². The number of para-hydroxylation sites is 1. The molecule has 246 valence electrons. The van der Waals surface area contributed by atoms with Crippen LogP contribution >= 0.6 is 0 Å². The van der Waals surface area contributed by atoms with E-state index in [1.165, 1.54) is 50.1 Å². The fourth-order valence-electron chi connectivity index (χ4n) is 8.44. The highest BCUT2D eigenvalue weighted by atomic mass is 16.3. The Morgan fingerprint density at radius 2 is 0.865 bits per heavy atom. The quantitative estimate of drug-likeness (QED) is 0.176. The van der Waals surface area contributed by atoms with Crippen LogP contribution in [-0.4, -0.2) is 0 Å². The molecule has 0 radical (unpaired) electrons. The van der Waals surface area contributed by atoms with Gasteiger partial charge in [-0.1, -0.05) is 158 Å². The molecule has 8 aromatic carbocycles. The number of anilines is 3. The van der Waals surface area contributed by atoms with Gasteiger partial charge in [-0.15, -0.1) is 0 Å². The average Bonchev–Trinajstić information content (AvgIpc) is 3.74. The van der Waals surface area contributed by atoms with Gasteiger partial charge in [-0.3, -0.25) is 0 Å². The van der Waals surface area contributed by atoms with E-state index < -0.39 is 0 Å². The Hall–Kier alpha value is -6.64. The third-order valence-electron chi connectivity index (χ3n) is 11.0. The van der Waals surface area contributed by atoms with E-state index in [1.807, 2.05) is 0 Å². The largest absolute Gasteiger partial charge is 0.454 e. The van der Waals surface area contributed by atoms with Gasteiger partial charge < -0.3 is 9.32 Å². The molecule has 1 aliphatic rings. The van der Waals surface area contributed by atoms with Gasteiger partial charge in [0.1, 0.15) is 5.58 Å². The van der Waals surface area contributed by atoms with Gasteiger partial charge in [0.25, 0.3) is 0 Å². The summed E-state index contributed by atoms with van der Waals surface area (Å²) in [6.07, 6.45) is 0. The van der Waals surface area contributed by atoms with Crippen LogP contribution < -0.4 is 4.90 Å². The molecule has 0 aliphatic heterocycles. The summed E-state index contributed by atoms with van der Waals surface area (Å²) in [5, 5.41) is 2.27. The molecular formula is C50H35NO. The van der Waals surface area contributed by atoms with Crippen molar-refractivity contribution in [3.05, 3.63) is 211 Å². The lowest BCUT2D eigenvalue weighted by atomic mass is 9.72. The Kier molecular flexibility index (Phi) is 6.97. The zero-order valence-corrected chi connectivity index (χ0v) is 28.8. The summed E-state index contributed by atoms with van der Waals surface area (Å²) in [6, 6.07) is 69.7. The molecule has 0 spiro atoms. The monoisotopic (exact) mass is 665 g/mol. The lowest BCUT2D eigenvalue weighted by molar-refractivity contribution is 0.666. The van der Waals surface area contributed by atoms with Gasteiger partial charge in [-0.2, -0.15) is 0 Å². The fraction of sp³-hybridized carbons (Fsp3) is 0.0400. The summed E-state index contributed by atoms with van der Waals surface area (Å²) in [4.78, 5) is 2.34. The second-order valence-corrected chi connectivity index (χ2v) is 13.8. The maximum Gasteiger partial charge on any atom is 0.159 e. The summed E-state index contributed by atoms with van der Waals surface area (Å²) in [7, 11) is 0. The highest BCUT2D eigenvalue weighted by Gasteiger charge is 2.42. The third kappa shape index (κ3) is 4.65. The smallest absolute Gasteiger partial charge is 0.159 e. The molecule has 1 aromatic heterocycles. The maximum absolute atomic E-state index is 6.97. The van der Waals surface area contributed by atoms with E-state index in [9.17, 15) is 0 Å². The second-order valence-electron chi connectivity index (χ2n) is 13.8. The van der Waals surface area contributed by atoms with Crippen LogP contribution in [0, 0.1) is 0 Å². The minimum absolute atomic E-state index is 0.379. The van der Waals surface area contributed by atoms with E-state index >= 15 is 0 Å². The molecule has 0 saturated heterocycles. The van der Waals surface area contributed by atoms with Gasteiger partial charge in [0.05, 0.1) is 5.69 Å². The molecule has 0 amide bonds. The van der Waals surface area contributed by atoms with Gasteiger partial charge in [0, 0.05) is 27.6 Å². The average molecular weight is 666 g/mol. The van der Waals surface area contributed by atoms with Crippen molar-refractivity contribution in [3.63, 3.8) is 0 Å². The molecule has 9 aromatic rings. The van der Waals surface area contributed by atoms with Crippen molar-refractivity contribution in [2.75, 3.05) is 4.90 Å². The molecule has 52 heavy (non-hydrogen) atoms. The molecule has 0 N–H and O–H groups in total. The molecule has 1 aliphatic carbocycles. The van der Waals surface area contributed by atoms with Crippen molar-refractivity contribution in [2.45, 2.75) is 12.3 Å². The van der Waals surface area contributed by atoms with Crippen molar-refractivity contribution >= 4 is 39.0 Å². The van der Waals surface area contributed by atoms with E-state index in [1.54, 1.807) is 0 Å². The van der Waals surface area contributed by atoms with Crippen LogP contribution in [0.25, 0.3) is 55.3 Å². The van der Waals surface area contributed by atoms with Crippen molar-refractivity contribution in [3.8, 4) is 33.4 Å². The first-order valence-corrected chi connectivity index (χ1v) is 17.9. The number of hydrogen-bond donors (Lipinski definition) is 0. The van der Waals surface area contributed by atoms with E-state index in [2.05, 4.69) is 206 Å². The first kappa shape index (κ1) is 30.2. The van der Waals surface area contributed by atoms with Crippen molar-refractivity contribution in [1.29, 1.82) is 0 Å². The predicted molar refractivity (Wildman–Crippen MR) is 217 cm³/mol. The first-order chi connectivity index (χ1) is 25.7. The Labute approximate surface area is 303 Å². The number of fused-ring (bicyclic) bond motifs is 6. The van der Waals surface area contributed by atoms with Crippen molar-refractivity contribution in [1.82, 2.24) is 0 Å². The summed E-state index contributed by atoms with van der Waals surface area (Å²) in [6.45, 7) is 2.39. The number of hydrogen-bond acceptors (Lipinski definition) is 2. The summed E-state index contributed by atoms with van der Waals surface area (Å²) >= 11 is 0. The molecule has 2 heteroatoms. The summed E-state index contributed by atoms with van der Waals surface area (Å²) in [5.41, 5.74) is 15.7. The molecule has 0 unspecified atom stereocenters. The number of furan rings is 1. The number of rotatable bonds is 6. The molecule has 0 bridgehead atoms. The lowest BCUT2D eigenvalue weighted by Crippen LogP contribution is -2.23. The fourth-order valence-corrected chi connectivity index (χ4v) is 8.44. The predicted octanol–water partition coefficient (Wildman–Crippen LogP) is 13.7. The molecule has 0 fully saturated rings. The van der Waals surface area contributed by atoms with Gasteiger partial charge in [-0.25, -0.2) is 0 Å². The van der Waals surface area contributed by atoms with Crippen LogP contribution in [0.2, 0.25) is 0 Å². The molecule has 0 atom stereocenters. The van der Waals surface area contributed by atoms with Gasteiger partial charge >= 0.3 is 0 Å². The number of benzene rings is 8. The van der Waals surface area contributed by atoms with E-state index in [4.69, 9.17) is 4.42 Å². The first-order valence-electron chi connectivity index (χ1n) is 17.9. The van der Waals surface area contributed by atoms with E-state index in [0.717, 1.165) is 39.0 Å². The topological polar surface area (TPSA) is 16.4 Å². The standard InChI is InChI=1S/C50H35NO/c1-50(43-21-11-8-18-40(43)41-19-9-12-22-44(41)50)45-32-33-46(49-48(45)42-20-10-13-23-47(42)52-49)51(38-28-24-36(25-29-38)34-14-4-2-5-15-34)39-30-26-37(27-31-39)35-16-6-3-7-17-35/h2-33H,1H3. The maximum atomic E-state index is 6.97. The van der Waals surface area contributed by atoms with Crippen LogP contribution in [0.15, 0.2) is 199 Å². The van der Waals surface area contributed by atoms with Crippen LogP contribution in [0.4, 0.5) is 17.1 Å². The van der Waals surface area contributed by atoms with Crippen LogP contribution in [0.3, 0.4) is 0 Å². The second kappa shape index (κ2) is 12.0. The highest BCUT2D eigenvalue weighted by Crippen LogP contribution is 2.55. The van der Waals surface area contributed by atoms with Crippen LogP contribution in [0.5, 0.6) is 0 Å². The highest BCUT2D eigenvalue weighted by molar-refractivity contribution is 6.13. The van der Waals surface area contributed by atoms with Gasteiger partial charge in [0.15, 0.2) is 5.58 Å². The molecule has 2 nitrogen and oxygen atoms in total. The molecule has 1 heterocycles. The Morgan fingerprint density at radius 1 is 0.404 bits per heavy atom. The van der Waals surface area contributed by atoms with Crippen LogP contribution in [-0.2, 0) is 5.41 Å². The SMILES string of the molecule is CC1(c2ccc(N(c3ccc(-c4ccccc4)cc3)c3ccc(-c4ccccc4)cc3)c3oc4ccccc4c23)c2ccccc2-c2ccccc21. The normalized spacial score (nSPS) is 12.9. The molecule has 0 saturated carbocycles. The third-order valence-corrected chi connectivity index (χ3v) is 11.0. The Bertz CT molecular complexity index is 2600. The minimum Gasteiger partial charge on any atom is -0.454 e. The van der Waals surface area contributed by atoms with Gasteiger partial charge in [0.2, 0.25) is 0 Å². The van der Waals surface area contributed by atoms with Crippen LogP contribution in [0.1, 0.15) is 23.6 Å². The zero-order valence-electron chi connectivity index (χ0n) is 28.8. The van der Waals surface area contributed by atoms with Gasteiger partial charge in [-0.05, 0) is 93.4 Å². The van der Waals surface area contributed by atoms with E-state index in [0.29, 0.717) is 0 Å². The zero-order chi connectivity index (χ0) is 34.6. The number of nitrogens with zero attached hydrogens (tertiary/aromatic N) is 1. The molecule has 10 rings (SSSR count).